The van der Waals surface area contributed by atoms with Gasteiger partial charge in [-0.2, -0.15) is 12.7 Å². The highest BCUT2D eigenvalue weighted by Gasteiger charge is 2.27. The maximum Gasteiger partial charge on any atom is 0.279 e. The quantitative estimate of drug-likeness (QED) is 0.876. The molecule has 1 aliphatic heterocycles. The van der Waals surface area contributed by atoms with E-state index in [0.717, 1.165) is 25.7 Å². The third-order valence-corrected chi connectivity index (χ3v) is 6.03. The predicted octanol–water partition coefficient (Wildman–Crippen LogP) is 2.25. The molecular weight excluding hydrogens is 280 g/mol. The van der Waals surface area contributed by atoms with Crippen LogP contribution in [0.25, 0.3) is 0 Å². The van der Waals surface area contributed by atoms with E-state index in [9.17, 15) is 8.42 Å². The van der Waals surface area contributed by atoms with E-state index in [2.05, 4.69) is 22.2 Å². The van der Waals surface area contributed by atoms with Crippen LogP contribution in [0.3, 0.4) is 0 Å². The number of piperidine rings is 1. The summed E-state index contributed by atoms with van der Waals surface area (Å²) >= 11 is 1.79. The normalized spacial score (nSPS) is 18.8. The molecule has 1 aromatic rings. The van der Waals surface area contributed by atoms with Crippen molar-refractivity contribution in [1.82, 2.24) is 9.03 Å². The molecule has 0 saturated carbocycles. The first-order valence-corrected chi connectivity index (χ1v) is 9.21. The highest BCUT2D eigenvalue weighted by Crippen LogP contribution is 2.24. The van der Waals surface area contributed by atoms with E-state index in [0.29, 0.717) is 25.6 Å². The van der Waals surface area contributed by atoms with Crippen LogP contribution in [0, 0.1) is 5.92 Å². The Labute approximate surface area is 120 Å². The zero-order valence-electron chi connectivity index (χ0n) is 11.3. The second-order valence-electron chi connectivity index (χ2n) is 5.03. The predicted molar refractivity (Wildman–Crippen MR) is 79.5 cm³/mol. The summed E-state index contributed by atoms with van der Waals surface area (Å²) in [7, 11) is -3.24. The van der Waals surface area contributed by atoms with E-state index < -0.39 is 10.2 Å². The zero-order valence-corrected chi connectivity index (χ0v) is 13.0. The van der Waals surface area contributed by atoms with Gasteiger partial charge >= 0.3 is 0 Å². The minimum Gasteiger partial charge on any atom is -0.202 e. The molecule has 0 spiro atoms. The number of nitrogens with zero attached hydrogens (tertiary/aromatic N) is 1. The van der Waals surface area contributed by atoms with E-state index in [1.807, 2.05) is 6.92 Å². The van der Waals surface area contributed by atoms with Crippen LogP contribution < -0.4 is 4.72 Å². The molecular formula is C13H22N2O2S2. The van der Waals surface area contributed by atoms with Crippen LogP contribution in [0.15, 0.2) is 17.5 Å². The molecule has 19 heavy (non-hydrogen) atoms. The van der Waals surface area contributed by atoms with Gasteiger partial charge in [-0.05, 0) is 43.0 Å². The molecule has 0 radical (unpaired) electrons. The topological polar surface area (TPSA) is 49.4 Å². The molecule has 2 rings (SSSR count). The lowest BCUT2D eigenvalue weighted by molar-refractivity contribution is 0.271. The van der Waals surface area contributed by atoms with Gasteiger partial charge < -0.3 is 0 Å². The van der Waals surface area contributed by atoms with E-state index in [4.69, 9.17) is 0 Å². The van der Waals surface area contributed by atoms with Crippen LogP contribution in [0.1, 0.15) is 31.1 Å². The van der Waals surface area contributed by atoms with E-state index in [-0.39, 0.29) is 0 Å². The van der Waals surface area contributed by atoms with Gasteiger partial charge in [-0.25, -0.2) is 4.72 Å². The molecule has 0 aliphatic carbocycles. The summed E-state index contributed by atoms with van der Waals surface area (Å²) in [6, 6.07) is 4.24. The largest absolute Gasteiger partial charge is 0.279 e. The Kier molecular flexibility index (Phi) is 5.38. The number of hydrogen-bond acceptors (Lipinski definition) is 3. The minimum atomic E-state index is -3.24. The van der Waals surface area contributed by atoms with Gasteiger partial charge in [0.2, 0.25) is 0 Å². The lowest BCUT2D eigenvalue weighted by Crippen LogP contribution is -2.45. The Morgan fingerprint density at radius 3 is 2.74 bits per heavy atom. The average molecular weight is 302 g/mol. The fourth-order valence-electron chi connectivity index (χ4n) is 2.39. The van der Waals surface area contributed by atoms with Crippen LogP contribution in [0.5, 0.6) is 0 Å². The van der Waals surface area contributed by atoms with Gasteiger partial charge in [0, 0.05) is 24.5 Å². The van der Waals surface area contributed by atoms with Gasteiger partial charge in [0.05, 0.1) is 0 Å². The van der Waals surface area contributed by atoms with Crippen molar-refractivity contribution in [1.29, 1.82) is 0 Å². The summed E-state index contributed by atoms with van der Waals surface area (Å²) < 4.78 is 28.2. The molecule has 1 fully saturated rings. The monoisotopic (exact) mass is 302 g/mol. The maximum absolute atomic E-state index is 12.0. The Morgan fingerprint density at radius 1 is 1.42 bits per heavy atom. The van der Waals surface area contributed by atoms with Crippen molar-refractivity contribution in [2.45, 2.75) is 32.6 Å². The first kappa shape index (κ1) is 15.0. The molecule has 6 heteroatoms. The molecule has 4 nitrogen and oxygen atoms in total. The minimum absolute atomic E-state index is 0.525. The number of nitrogens with one attached hydrogen (secondary N) is 1. The van der Waals surface area contributed by atoms with Crippen molar-refractivity contribution in [2.24, 2.45) is 5.92 Å². The van der Waals surface area contributed by atoms with E-state index >= 15 is 0 Å². The molecule has 1 aliphatic rings. The Morgan fingerprint density at radius 2 is 2.16 bits per heavy atom. The average Bonchev–Trinajstić information content (AvgIpc) is 2.90. The summed E-state index contributed by atoms with van der Waals surface area (Å²) in [6.45, 7) is 3.79. The molecule has 0 amide bonds. The van der Waals surface area contributed by atoms with Crippen molar-refractivity contribution >= 4 is 21.5 Å². The third kappa shape index (κ3) is 4.27. The number of thiophene rings is 1. The standard InChI is InChI=1S/C13H22N2O2S2/c1-2-7-14-19(16,17)15-8-5-12(6-9-15)11-13-4-3-10-18-13/h3-4,10,12,14H,2,5-9,11H2,1H3. The van der Waals surface area contributed by atoms with Crippen molar-refractivity contribution in [3.05, 3.63) is 22.4 Å². The fraction of sp³-hybridized carbons (Fsp3) is 0.692. The van der Waals surface area contributed by atoms with Crippen LogP contribution in [0.2, 0.25) is 0 Å². The van der Waals surface area contributed by atoms with Crippen molar-refractivity contribution in [2.75, 3.05) is 19.6 Å². The smallest absolute Gasteiger partial charge is 0.202 e. The second kappa shape index (κ2) is 6.83. The van der Waals surface area contributed by atoms with Crippen LogP contribution in [0.4, 0.5) is 0 Å². The molecule has 0 bridgehead atoms. The summed E-state index contributed by atoms with van der Waals surface area (Å²) in [5.41, 5.74) is 0. The van der Waals surface area contributed by atoms with Gasteiger partial charge in [0.25, 0.3) is 10.2 Å². The summed E-state index contributed by atoms with van der Waals surface area (Å²) in [4.78, 5) is 1.41. The van der Waals surface area contributed by atoms with Crippen LogP contribution >= 0.6 is 11.3 Å². The van der Waals surface area contributed by atoms with Crippen molar-refractivity contribution in [3.8, 4) is 0 Å². The molecule has 2 heterocycles. The first-order chi connectivity index (χ1) is 9.12. The van der Waals surface area contributed by atoms with Gasteiger partial charge in [0.15, 0.2) is 0 Å². The van der Waals surface area contributed by atoms with Crippen molar-refractivity contribution in [3.63, 3.8) is 0 Å². The Bertz CT molecular complexity index is 463. The molecule has 0 atom stereocenters. The Balaban J connectivity index is 1.82. The van der Waals surface area contributed by atoms with E-state index in [1.165, 1.54) is 4.88 Å². The lowest BCUT2D eigenvalue weighted by Gasteiger charge is -2.31. The van der Waals surface area contributed by atoms with Crippen molar-refractivity contribution < 1.29 is 8.42 Å². The molecule has 108 valence electrons. The Hall–Kier alpha value is -0.430. The molecule has 1 saturated heterocycles. The summed E-state index contributed by atoms with van der Waals surface area (Å²) in [6.07, 6.45) is 3.85. The number of rotatable bonds is 6. The molecule has 0 aromatic carbocycles. The third-order valence-electron chi connectivity index (χ3n) is 3.52. The highest BCUT2D eigenvalue weighted by molar-refractivity contribution is 7.87. The van der Waals surface area contributed by atoms with Gasteiger partial charge in [-0.1, -0.05) is 13.0 Å². The highest BCUT2D eigenvalue weighted by atomic mass is 32.2. The second-order valence-corrected chi connectivity index (χ2v) is 7.81. The summed E-state index contributed by atoms with van der Waals surface area (Å²) in [5, 5.41) is 2.10. The SMILES string of the molecule is CCCNS(=O)(=O)N1CCC(Cc2cccs2)CC1. The number of hydrogen-bond donors (Lipinski definition) is 1. The molecule has 1 aromatic heterocycles. The fourth-order valence-corrected chi connectivity index (χ4v) is 4.55. The van der Waals surface area contributed by atoms with Gasteiger partial charge in [-0.3, -0.25) is 0 Å². The van der Waals surface area contributed by atoms with Gasteiger partial charge in [0.1, 0.15) is 0 Å². The van der Waals surface area contributed by atoms with Crippen LogP contribution in [-0.2, 0) is 16.6 Å². The molecule has 0 unspecified atom stereocenters. The first-order valence-electron chi connectivity index (χ1n) is 6.89. The van der Waals surface area contributed by atoms with Gasteiger partial charge in [-0.15, -0.1) is 11.3 Å². The van der Waals surface area contributed by atoms with Crippen LogP contribution in [-0.4, -0.2) is 32.4 Å². The van der Waals surface area contributed by atoms with E-state index in [1.54, 1.807) is 15.6 Å². The maximum atomic E-state index is 12.0. The lowest BCUT2D eigenvalue weighted by atomic mass is 9.94. The zero-order chi connectivity index (χ0) is 13.7. The molecule has 1 N–H and O–H groups in total. The summed E-state index contributed by atoms with van der Waals surface area (Å²) in [5.74, 6) is 0.622.